The number of nitrogens with zero attached hydrogens (tertiary/aromatic N) is 4. The van der Waals surface area contributed by atoms with Crippen molar-refractivity contribution in [2.75, 3.05) is 19.1 Å². The molecule has 3 rings (SSSR count). The second-order valence-electron chi connectivity index (χ2n) is 5.29. The number of aromatic nitrogens is 3. The van der Waals surface area contributed by atoms with E-state index < -0.39 is 6.03 Å². The van der Waals surface area contributed by atoms with Gasteiger partial charge >= 0.3 is 6.03 Å². The molecule has 0 atom stereocenters. The third kappa shape index (κ3) is 2.98. The molecule has 1 amide bonds. The Hall–Kier alpha value is -2.80. The highest BCUT2D eigenvalue weighted by Crippen LogP contribution is 2.28. The first kappa shape index (κ1) is 16.1. The minimum absolute atomic E-state index is 0.266. The van der Waals surface area contributed by atoms with Crippen LogP contribution in [-0.4, -0.2) is 34.7 Å². The molecule has 0 aliphatic heterocycles. The summed E-state index contributed by atoms with van der Waals surface area (Å²) in [6.45, 7) is 0.628. The van der Waals surface area contributed by atoms with Gasteiger partial charge in [0.25, 0.3) is 0 Å². The van der Waals surface area contributed by atoms with Crippen LogP contribution < -0.4 is 15.4 Å². The maximum atomic E-state index is 11.5. The predicted molar refractivity (Wildman–Crippen MR) is 92.6 cm³/mol. The van der Waals surface area contributed by atoms with Crippen molar-refractivity contribution in [1.82, 2.24) is 14.5 Å². The summed E-state index contributed by atoms with van der Waals surface area (Å²) in [4.78, 5) is 21.8. The van der Waals surface area contributed by atoms with Crippen molar-refractivity contribution in [3.63, 3.8) is 0 Å². The number of pyridine rings is 1. The molecule has 0 saturated heterocycles. The fourth-order valence-electron chi connectivity index (χ4n) is 2.49. The van der Waals surface area contributed by atoms with Crippen LogP contribution in [0.15, 0.2) is 36.7 Å². The van der Waals surface area contributed by atoms with Crippen LogP contribution in [0.4, 0.5) is 10.5 Å². The zero-order chi connectivity index (χ0) is 17.3. The van der Waals surface area contributed by atoms with E-state index in [1.807, 2.05) is 36.2 Å². The zero-order valence-corrected chi connectivity index (χ0v) is 14.0. The number of fused-ring (bicyclic) bond motifs is 1. The molecule has 0 saturated carbocycles. The summed E-state index contributed by atoms with van der Waals surface area (Å²) >= 11 is 6.10. The van der Waals surface area contributed by atoms with Crippen LogP contribution in [0.3, 0.4) is 0 Å². The topological polar surface area (TPSA) is 86.3 Å². The van der Waals surface area contributed by atoms with Gasteiger partial charge in [0.15, 0.2) is 5.65 Å². The van der Waals surface area contributed by atoms with Gasteiger partial charge in [-0.05, 0) is 17.7 Å². The van der Waals surface area contributed by atoms with Gasteiger partial charge in [0.05, 0.1) is 12.8 Å². The summed E-state index contributed by atoms with van der Waals surface area (Å²) in [6, 6.07) is 8.83. The maximum Gasteiger partial charge on any atom is 0.325 e. The number of benzene rings is 1. The van der Waals surface area contributed by atoms with Crippen LogP contribution in [0.2, 0.25) is 5.15 Å². The second kappa shape index (κ2) is 6.37. The molecule has 2 aromatic heterocycles. The zero-order valence-electron chi connectivity index (χ0n) is 13.2. The van der Waals surface area contributed by atoms with E-state index in [4.69, 9.17) is 22.1 Å². The Morgan fingerprint density at radius 3 is 2.71 bits per heavy atom. The Bertz CT molecular complexity index is 891. The number of hydrogen-bond donors (Lipinski definition) is 1. The summed E-state index contributed by atoms with van der Waals surface area (Å²) in [7, 11) is 3.55. The number of imidazole rings is 1. The highest BCUT2D eigenvalue weighted by atomic mass is 35.5. The number of anilines is 1. The summed E-state index contributed by atoms with van der Waals surface area (Å²) < 4.78 is 6.33. The lowest BCUT2D eigenvalue weighted by atomic mass is 10.2. The average Bonchev–Trinajstić information content (AvgIpc) is 2.98. The van der Waals surface area contributed by atoms with Gasteiger partial charge in [-0.3, -0.25) is 0 Å². The first-order chi connectivity index (χ1) is 11.5. The smallest absolute Gasteiger partial charge is 0.325 e. The van der Waals surface area contributed by atoms with Gasteiger partial charge in [-0.2, -0.15) is 0 Å². The fourth-order valence-corrected chi connectivity index (χ4v) is 2.67. The lowest BCUT2D eigenvalue weighted by Gasteiger charge is -2.20. The van der Waals surface area contributed by atoms with Gasteiger partial charge in [-0.1, -0.05) is 23.7 Å². The first-order valence-corrected chi connectivity index (χ1v) is 7.55. The van der Waals surface area contributed by atoms with Gasteiger partial charge < -0.3 is 15.4 Å². The number of primary amides is 1. The van der Waals surface area contributed by atoms with Crippen molar-refractivity contribution in [2.24, 2.45) is 5.73 Å². The molecule has 2 heterocycles. The molecule has 0 aliphatic carbocycles. The molecule has 0 spiro atoms. The molecule has 8 heteroatoms. The van der Waals surface area contributed by atoms with E-state index >= 15 is 0 Å². The van der Waals surface area contributed by atoms with E-state index in [0.717, 1.165) is 17.0 Å². The van der Waals surface area contributed by atoms with Crippen LogP contribution in [0.25, 0.3) is 11.2 Å². The van der Waals surface area contributed by atoms with Crippen molar-refractivity contribution >= 4 is 34.5 Å². The molecule has 0 unspecified atom stereocenters. The molecule has 2 N–H and O–H groups in total. The van der Waals surface area contributed by atoms with Crippen LogP contribution >= 0.6 is 11.6 Å². The lowest BCUT2D eigenvalue weighted by Crippen LogP contribution is -2.19. The SMILES string of the molecule is COc1ccc(CN(C)c2cc(Cl)nc3c2ncn3C(N)=O)cc1. The largest absolute Gasteiger partial charge is 0.497 e. The fraction of sp³-hybridized carbons (Fsp3) is 0.188. The number of carbonyl (C=O) groups excluding carboxylic acids is 1. The van der Waals surface area contributed by atoms with Gasteiger partial charge in [-0.15, -0.1) is 0 Å². The predicted octanol–water partition coefficient (Wildman–Crippen LogP) is 2.66. The van der Waals surface area contributed by atoms with E-state index in [0.29, 0.717) is 17.7 Å². The Labute approximate surface area is 143 Å². The molecule has 0 fully saturated rings. The van der Waals surface area contributed by atoms with Crippen molar-refractivity contribution in [1.29, 1.82) is 0 Å². The maximum absolute atomic E-state index is 11.5. The minimum atomic E-state index is -0.656. The number of rotatable bonds is 4. The first-order valence-electron chi connectivity index (χ1n) is 7.17. The molecule has 124 valence electrons. The number of carbonyl (C=O) groups is 1. The number of methoxy groups -OCH3 is 1. The van der Waals surface area contributed by atoms with Crippen LogP contribution in [0, 0.1) is 0 Å². The number of halogens is 1. The van der Waals surface area contributed by atoms with Crippen molar-refractivity contribution in [2.45, 2.75) is 6.54 Å². The van der Waals surface area contributed by atoms with Crippen molar-refractivity contribution in [3.8, 4) is 5.75 Å². The third-order valence-corrected chi connectivity index (χ3v) is 3.87. The highest BCUT2D eigenvalue weighted by molar-refractivity contribution is 6.30. The van der Waals surface area contributed by atoms with E-state index in [1.165, 1.54) is 10.9 Å². The van der Waals surface area contributed by atoms with E-state index in [9.17, 15) is 4.79 Å². The van der Waals surface area contributed by atoms with Gasteiger partial charge in [-0.25, -0.2) is 19.3 Å². The second-order valence-corrected chi connectivity index (χ2v) is 5.68. The van der Waals surface area contributed by atoms with Crippen LogP contribution in [0.5, 0.6) is 5.75 Å². The van der Waals surface area contributed by atoms with Crippen molar-refractivity contribution < 1.29 is 9.53 Å². The molecule has 0 radical (unpaired) electrons. The number of ether oxygens (including phenoxy) is 1. The Balaban J connectivity index is 1.96. The van der Waals surface area contributed by atoms with Crippen LogP contribution in [-0.2, 0) is 6.54 Å². The Morgan fingerprint density at radius 1 is 1.38 bits per heavy atom. The molecule has 0 aliphatic rings. The number of nitrogens with two attached hydrogens (primary N) is 1. The lowest BCUT2D eigenvalue weighted by molar-refractivity contribution is 0.251. The van der Waals surface area contributed by atoms with Gasteiger partial charge in [0.1, 0.15) is 22.7 Å². The summed E-state index contributed by atoms with van der Waals surface area (Å²) in [5.41, 5.74) is 8.09. The van der Waals surface area contributed by atoms with Crippen LogP contribution in [0.1, 0.15) is 5.56 Å². The molecule has 7 nitrogen and oxygen atoms in total. The number of hydrogen-bond acceptors (Lipinski definition) is 5. The van der Waals surface area contributed by atoms with E-state index in [1.54, 1.807) is 13.2 Å². The monoisotopic (exact) mass is 345 g/mol. The molecule has 3 aromatic rings. The van der Waals surface area contributed by atoms with Gasteiger partial charge in [0, 0.05) is 19.7 Å². The Kier molecular flexibility index (Phi) is 4.26. The molecule has 24 heavy (non-hydrogen) atoms. The van der Waals surface area contributed by atoms with E-state index in [-0.39, 0.29) is 5.15 Å². The van der Waals surface area contributed by atoms with Crippen molar-refractivity contribution in [3.05, 3.63) is 47.4 Å². The molecular weight excluding hydrogens is 330 g/mol. The molecule has 0 bridgehead atoms. The quantitative estimate of drug-likeness (QED) is 0.734. The van der Waals surface area contributed by atoms with Gasteiger partial charge in [0.2, 0.25) is 0 Å². The molecular formula is C16H16ClN5O2. The summed E-state index contributed by atoms with van der Waals surface area (Å²) in [6.07, 6.45) is 1.35. The normalized spacial score (nSPS) is 10.8. The third-order valence-electron chi connectivity index (χ3n) is 3.68. The summed E-state index contributed by atoms with van der Waals surface area (Å²) in [5.74, 6) is 0.802. The number of amides is 1. The minimum Gasteiger partial charge on any atom is -0.497 e. The standard InChI is InChI=1S/C16H16ClN5O2/c1-21(8-10-3-5-11(24-2)6-4-10)12-7-13(17)20-15-14(12)19-9-22(15)16(18)23/h3-7,9H,8H2,1-2H3,(H2,18,23). The molecule has 1 aromatic carbocycles. The highest BCUT2D eigenvalue weighted by Gasteiger charge is 2.16. The average molecular weight is 346 g/mol. The Morgan fingerprint density at radius 2 is 2.08 bits per heavy atom. The van der Waals surface area contributed by atoms with E-state index in [2.05, 4.69) is 9.97 Å². The summed E-state index contributed by atoms with van der Waals surface area (Å²) in [5, 5.41) is 0.266.